The maximum Gasteiger partial charge on any atom is 0.323 e. The number of aryl methyl sites for hydroxylation is 1. The molecule has 21 heavy (non-hydrogen) atoms. The van der Waals surface area contributed by atoms with Crippen molar-refractivity contribution in [1.82, 2.24) is 19.6 Å². The lowest BCUT2D eigenvalue weighted by Gasteiger charge is -2.11. The standard InChI is InChI=1S/C13H20N4O3S/c1-9-7-10-11(16-13(18)15-10)8-12(9)21(19,20)14-5-4-6-17(2)3/h7-8,14H,4-6H2,1-3H3,(H2,15,16,18). The van der Waals surface area contributed by atoms with Crippen LogP contribution in [0.4, 0.5) is 0 Å². The van der Waals surface area contributed by atoms with Crippen LogP contribution < -0.4 is 10.4 Å². The van der Waals surface area contributed by atoms with E-state index in [0.717, 1.165) is 13.0 Å². The molecule has 0 aliphatic rings. The summed E-state index contributed by atoms with van der Waals surface area (Å²) in [5, 5.41) is 0. The van der Waals surface area contributed by atoms with Gasteiger partial charge in [-0.1, -0.05) is 0 Å². The molecule has 0 atom stereocenters. The van der Waals surface area contributed by atoms with Gasteiger partial charge in [0.1, 0.15) is 0 Å². The second-order valence-electron chi connectivity index (χ2n) is 5.30. The van der Waals surface area contributed by atoms with E-state index in [4.69, 9.17) is 0 Å². The van der Waals surface area contributed by atoms with Crippen molar-refractivity contribution in [1.29, 1.82) is 0 Å². The molecule has 2 rings (SSSR count). The molecule has 0 bridgehead atoms. The van der Waals surface area contributed by atoms with E-state index in [1.165, 1.54) is 6.07 Å². The van der Waals surface area contributed by atoms with Crippen LogP contribution in [-0.2, 0) is 10.0 Å². The number of hydrogen-bond donors (Lipinski definition) is 3. The summed E-state index contributed by atoms with van der Waals surface area (Å²) in [6.45, 7) is 2.90. The number of imidazole rings is 1. The van der Waals surface area contributed by atoms with Gasteiger partial charge in [-0.25, -0.2) is 17.9 Å². The van der Waals surface area contributed by atoms with E-state index in [9.17, 15) is 13.2 Å². The summed E-state index contributed by atoms with van der Waals surface area (Å²) in [5.41, 5.74) is 1.33. The Labute approximate surface area is 123 Å². The van der Waals surface area contributed by atoms with E-state index in [0.29, 0.717) is 23.1 Å². The lowest BCUT2D eigenvalue weighted by Crippen LogP contribution is -2.27. The number of nitrogens with one attached hydrogen (secondary N) is 3. The highest BCUT2D eigenvalue weighted by Crippen LogP contribution is 2.20. The first kappa shape index (κ1) is 15.7. The van der Waals surface area contributed by atoms with E-state index >= 15 is 0 Å². The van der Waals surface area contributed by atoms with Crippen LogP contribution in [0.5, 0.6) is 0 Å². The average molecular weight is 312 g/mol. The predicted octanol–water partition coefficient (Wildman–Crippen LogP) is 0.395. The molecule has 0 saturated carbocycles. The molecule has 0 amide bonds. The molecule has 0 fully saturated rings. The molecule has 7 nitrogen and oxygen atoms in total. The van der Waals surface area contributed by atoms with Crippen LogP contribution in [0.2, 0.25) is 0 Å². The first-order chi connectivity index (χ1) is 9.79. The molecule has 3 N–H and O–H groups in total. The molecule has 1 heterocycles. The maximum atomic E-state index is 12.3. The lowest BCUT2D eigenvalue weighted by atomic mass is 10.2. The van der Waals surface area contributed by atoms with Gasteiger partial charge in [0.2, 0.25) is 10.0 Å². The number of hydrogen-bond acceptors (Lipinski definition) is 4. The molecule has 0 saturated heterocycles. The third-order valence-corrected chi connectivity index (χ3v) is 4.78. The summed E-state index contributed by atoms with van der Waals surface area (Å²) in [6.07, 6.45) is 0.731. The van der Waals surface area contributed by atoms with Crippen LogP contribution in [0.15, 0.2) is 21.8 Å². The Bertz CT molecular complexity index is 789. The first-order valence-corrected chi connectivity index (χ1v) is 8.15. The van der Waals surface area contributed by atoms with Crippen molar-refractivity contribution in [3.63, 3.8) is 0 Å². The van der Waals surface area contributed by atoms with E-state index in [-0.39, 0.29) is 10.6 Å². The summed E-state index contributed by atoms with van der Waals surface area (Å²) in [4.78, 5) is 18.6. The molecule has 0 aliphatic heterocycles. The quantitative estimate of drug-likeness (QED) is 0.672. The number of aromatic nitrogens is 2. The second kappa shape index (κ2) is 6.00. The molecule has 0 radical (unpaired) electrons. The van der Waals surface area contributed by atoms with Crippen LogP contribution in [-0.4, -0.2) is 50.5 Å². The Morgan fingerprint density at radius 2 is 1.81 bits per heavy atom. The van der Waals surface area contributed by atoms with Crippen molar-refractivity contribution in [2.75, 3.05) is 27.2 Å². The van der Waals surface area contributed by atoms with Crippen LogP contribution in [0.25, 0.3) is 11.0 Å². The molecular weight excluding hydrogens is 292 g/mol. The molecule has 8 heteroatoms. The highest BCUT2D eigenvalue weighted by molar-refractivity contribution is 7.89. The first-order valence-electron chi connectivity index (χ1n) is 6.66. The molecular formula is C13H20N4O3S. The Hall–Kier alpha value is -1.64. The zero-order chi connectivity index (χ0) is 15.6. The topological polar surface area (TPSA) is 98.1 Å². The van der Waals surface area contributed by atoms with Crippen molar-refractivity contribution in [2.45, 2.75) is 18.2 Å². The molecule has 1 aromatic heterocycles. The van der Waals surface area contributed by atoms with Gasteiger partial charge in [0.25, 0.3) is 0 Å². The number of benzene rings is 1. The second-order valence-corrected chi connectivity index (χ2v) is 7.03. The van der Waals surface area contributed by atoms with Crippen molar-refractivity contribution in [3.8, 4) is 0 Å². The Kier molecular flexibility index (Phi) is 4.50. The van der Waals surface area contributed by atoms with Crippen molar-refractivity contribution < 1.29 is 8.42 Å². The molecule has 0 aliphatic carbocycles. The summed E-state index contributed by atoms with van der Waals surface area (Å²) in [5.74, 6) is 0. The summed E-state index contributed by atoms with van der Waals surface area (Å²) < 4.78 is 27.2. The largest absolute Gasteiger partial charge is 0.323 e. The molecule has 116 valence electrons. The SMILES string of the molecule is Cc1cc2[nH]c(=O)[nH]c2cc1S(=O)(=O)NCCCN(C)C. The molecule has 0 spiro atoms. The van der Waals surface area contributed by atoms with Crippen molar-refractivity contribution in [2.24, 2.45) is 0 Å². The monoisotopic (exact) mass is 312 g/mol. The fraction of sp³-hybridized carbons (Fsp3) is 0.462. The van der Waals surface area contributed by atoms with Gasteiger partial charge in [-0.15, -0.1) is 0 Å². The van der Waals surface area contributed by atoms with Crippen LogP contribution in [0.1, 0.15) is 12.0 Å². The lowest BCUT2D eigenvalue weighted by molar-refractivity contribution is 0.400. The van der Waals surface area contributed by atoms with Gasteiger partial charge in [-0.2, -0.15) is 0 Å². The number of nitrogens with zero attached hydrogens (tertiary/aromatic N) is 1. The fourth-order valence-corrected chi connectivity index (χ4v) is 3.46. The van der Waals surface area contributed by atoms with Gasteiger partial charge < -0.3 is 14.9 Å². The Balaban J connectivity index is 2.23. The van der Waals surface area contributed by atoms with Crippen molar-refractivity contribution in [3.05, 3.63) is 28.2 Å². The van der Waals surface area contributed by atoms with Crippen LogP contribution in [0.3, 0.4) is 0 Å². The minimum Gasteiger partial charge on any atom is -0.309 e. The number of H-pyrrole nitrogens is 2. The number of aromatic amines is 2. The van der Waals surface area contributed by atoms with E-state index in [2.05, 4.69) is 14.7 Å². The average Bonchev–Trinajstić information content (AvgIpc) is 2.72. The van der Waals surface area contributed by atoms with E-state index in [1.54, 1.807) is 13.0 Å². The molecule has 1 aromatic carbocycles. The summed E-state index contributed by atoms with van der Waals surface area (Å²) in [7, 11) is 0.303. The number of rotatable bonds is 6. The zero-order valence-electron chi connectivity index (χ0n) is 12.4. The van der Waals surface area contributed by atoms with Gasteiger partial charge in [0.05, 0.1) is 15.9 Å². The minimum atomic E-state index is -3.58. The summed E-state index contributed by atoms with van der Waals surface area (Å²) in [6, 6.07) is 3.14. The van der Waals surface area contributed by atoms with Crippen LogP contribution >= 0.6 is 0 Å². The predicted molar refractivity (Wildman–Crippen MR) is 82.0 cm³/mol. The smallest absolute Gasteiger partial charge is 0.309 e. The third kappa shape index (κ3) is 3.72. The van der Waals surface area contributed by atoms with E-state index < -0.39 is 10.0 Å². The maximum absolute atomic E-state index is 12.3. The number of fused-ring (bicyclic) bond motifs is 1. The number of sulfonamides is 1. The van der Waals surface area contributed by atoms with Gasteiger partial charge in [-0.3, -0.25) is 0 Å². The van der Waals surface area contributed by atoms with E-state index in [1.807, 2.05) is 19.0 Å². The van der Waals surface area contributed by atoms with Gasteiger partial charge in [-0.05, 0) is 51.7 Å². The van der Waals surface area contributed by atoms with Gasteiger partial charge in [0, 0.05) is 6.54 Å². The third-order valence-electron chi connectivity index (χ3n) is 3.18. The highest BCUT2D eigenvalue weighted by atomic mass is 32.2. The normalized spacial score (nSPS) is 12.4. The molecule has 2 aromatic rings. The fourth-order valence-electron chi connectivity index (χ4n) is 2.14. The zero-order valence-corrected chi connectivity index (χ0v) is 13.2. The Morgan fingerprint density at radius 1 is 1.19 bits per heavy atom. The van der Waals surface area contributed by atoms with Crippen LogP contribution in [0, 0.1) is 6.92 Å². The van der Waals surface area contributed by atoms with Crippen molar-refractivity contribution >= 4 is 21.1 Å². The minimum absolute atomic E-state index is 0.190. The van der Waals surface area contributed by atoms with Gasteiger partial charge in [0.15, 0.2) is 0 Å². The molecule has 0 unspecified atom stereocenters. The summed E-state index contributed by atoms with van der Waals surface area (Å²) >= 11 is 0. The highest BCUT2D eigenvalue weighted by Gasteiger charge is 2.17. The van der Waals surface area contributed by atoms with Gasteiger partial charge >= 0.3 is 5.69 Å². The Morgan fingerprint density at radius 3 is 2.43 bits per heavy atom.